The van der Waals surface area contributed by atoms with Crippen LogP contribution in [0.15, 0.2) is 73.4 Å². The van der Waals surface area contributed by atoms with Crippen molar-refractivity contribution in [3.8, 4) is 22.4 Å². The van der Waals surface area contributed by atoms with E-state index in [1.54, 1.807) is 30.2 Å². The number of aromatic nitrogens is 2. The van der Waals surface area contributed by atoms with Gasteiger partial charge < -0.3 is 34.1 Å². The van der Waals surface area contributed by atoms with Gasteiger partial charge in [0.2, 0.25) is 11.8 Å². The van der Waals surface area contributed by atoms with E-state index in [2.05, 4.69) is 79.1 Å². The molecule has 69 heavy (non-hydrogen) atoms. The Hall–Kier alpha value is -6.06. The molecular formula is C54H70N8O7. The average Bonchev–Trinajstić information content (AvgIpc) is 3.64. The van der Waals surface area contributed by atoms with Gasteiger partial charge in [0.05, 0.1) is 24.1 Å². The van der Waals surface area contributed by atoms with Gasteiger partial charge in [-0.15, -0.1) is 0 Å². The fourth-order valence-electron chi connectivity index (χ4n) is 11.0. The van der Waals surface area contributed by atoms with Crippen LogP contribution in [-0.2, 0) is 48.0 Å². The lowest BCUT2D eigenvalue weighted by Crippen LogP contribution is -2.64. The fraction of sp³-hybridized carbons (Fsp3) is 0.519. The summed E-state index contributed by atoms with van der Waals surface area (Å²) in [5.41, 5.74) is 10.5. The summed E-state index contributed by atoms with van der Waals surface area (Å²) in [5, 5.41) is 5.64. The lowest BCUT2D eigenvalue weighted by Gasteiger charge is -2.54. The van der Waals surface area contributed by atoms with Gasteiger partial charge in [-0.1, -0.05) is 64.6 Å². The third-order valence-corrected chi connectivity index (χ3v) is 14.9. The second-order valence-electron chi connectivity index (χ2n) is 20.8. The van der Waals surface area contributed by atoms with E-state index < -0.39 is 35.4 Å². The summed E-state index contributed by atoms with van der Waals surface area (Å²) in [4.78, 5) is 79.6. The molecule has 0 saturated carbocycles. The number of cyclic esters (lactones) is 1. The zero-order valence-corrected chi connectivity index (χ0v) is 41.7. The van der Waals surface area contributed by atoms with E-state index in [9.17, 15) is 24.0 Å². The summed E-state index contributed by atoms with van der Waals surface area (Å²) in [5.74, 6) is -1.63. The maximum Gasteiger partial charge on any atom is 0.324 e. The molecule has 4 aliphatic heterocycles. The van der Waals surface area contributed by atoms with Crippen LogP contribution in [0.5, 0.6) is 0 Å². The first-order valence-electron chi connectivity index (χ1n) is 24.7. The minimum Gasteiger partial charge on any atom is -0.464 e. The van der Waals surface area contributed by atoms with Crippen LogP contribution in [0.2, 0.25) is 0 Å². The SMILES string of the molecule is C=CC(=O)N1CC2(CCN(C(=O)N(C)[C@H](C(=O)N[C@H]3Cc4cccc(c4)-c4ccc5c(c4)c(c(-c4cccnc4[C@H](C)OC)n5CC)CC(C)(C)COC(=O)[C@@H]4CCCN(N4)C3=O)C(C)C)CC2)C1. The fourth-order valence-corrected chi connectivity index (χ4v) is 11.0. The number of hydrogen-bond donors (Lipinski definition) is 2. The number of carbonyl (C=O) groups is 5. The third-order valence-electron chi connectivity index (χ3n) is 14.9. The number of urea groups is 1. The molecule has 6 heterocycles. The predicted octanol–water partition coefficient (Wildman–Crippen LogP) is 6.93. The number of fused-ring (bicyclic) bond motifs is 6. The lowest BCUT2D eigenvalue weighted by atomic mass is 9.72. The molecule has 3 fully saturated rings. The number of likely N-dealkylation sites (N-methyl/N-ethyl adjacent to an activating group) is 1. The summed E-state index contributed by atoms with van der Waals surface area (Å²) < 4.78 is 14.3. The van der Waals surface area contributed by atoms with E-state index in [4.69, 9.17) is 14.5 Å². The number of hydrogen-bond acceptors (Lipinski definition) is 9. The number of carbonyl (C=O) groups excluding carboxylic acids is 5. The molecule has 5 amide bonds. The highest BCUT2D eigenvalue weighted by Crippen LogP contribution is 2.43. The van der Waals surface area contributed by atoms with E-state index in [0.29, 0.717) is 58.5 Å². The first-order valence-corrected chi connectivity index (χ1v) is 24.7. The van der Waals surface area contributed by atoms with Crippen LogP contribution in [0.3, 0.4) is 0 Å². The molecular weight excluding hydrogens is 873 g/mol. The average molecular weight is 943 g/mol. The van der Waals surface area contributed by atoms with Gasteiger partial charge in [0.25, 0.3) is 5.91 Å². The van der Waals surface area contributed by atoms with Crippen molar-refractivity contribution in [2.45, 2.75) is 111 Å². The molecule has 3 saturated heterocycles. The standard InChI is InChI=1S/C54H70N8O7/c1-10-45(63)60-31-54(32-60)21-25-59(26-22-54)52(67)58(8)47(34(3)4)49(64)56-43-28-36-15-12-16-37(27-36)38-19-20-44-40(29-38)41(48(61(44)11-2)39-17-13-23-55-46(39)35(5)68-9)30-53(6,7)33-69-51(66)42-18-14-24-62(57-42)50(43)65/h10,12-13,15-17,19-20,23,27,29,34-35,42-43,47,57H,1,11,14,18,21-22,24-26,28,30-33H2,2-9H3,(H,56,64)/t35-,42-,43-,47-/m0/s1. The Morgan fingerprint density at radius 3 is 2.45 bits per heavy atom. The number of benzene rings is 2. The van der Waals surface area contributed by atoms with Crippen LogP contribution in [0, 0.1) is 16.7 Å². The van der Waals surface area contributed by atoms with Gasteiger partial charge in [0, 0.05) is 93.3 Å². The van der Waals surface area contributed by atoms with E-state index >= 15 is 0 Å². The van der Waals surface area contributed by atoms with Crippen molar-refractivity contribution in [3.63, 3.8) is 0 Å². The second-order valence-corrected chi connectivity index (χ2v) is 20.8. The summed E-state index contributed by atoms with van der Waals surface area (Å²) in [6.45, 7) is 19.3. The second kappa shape index (κ2) is 20.1. The third kappa shape index (κ3) is 10.0. The number of likely N-dealkylation sites (tertiary alicyclic amines) is 2. The molecule has 15 nitrogen and oxygen atoms in total. The quantitative estimate of drug-likeness (QED) is 0.134. The minimum atomic E-state index is -1.04. The van der Waals surface area contributed by atoms with Crippen LogP contribution in [0.25, 0.3) is 33.3 Å². The van der Waals surface area contributed by atoms with E-state index in [1.807, 2.05) is 39.0 Å². The molecule has 4 atom stereocenters. The van der Waals surface area contributed by atoms with Gasteiger partial charge in [-0.25, -0.2) is 10.2 Å². The van der Waals surface area contributed by atoms with Gasteiger partial charge in [-0.3, -0.25) is 29.2 Å². The van der Waals surface area contributed by atoms with Crippen molar-refractivity contribution in [2.75, 3.05) is 53.5 Å². The van der Waals surface area contributed by atoms with Crippen molar-refractivity contribution in [3.05, 3.63) is 90.3 Å². The molecule has 15 heteroatoms. The molecule has 6 bridgehead atoms. The lowest BCUT2D eigenvalue weighted by molar-refractivity contribution is -0.155. The molecule has 2 N–H and O–H groups in total. The van der Waals surface area contributed by atoms with Gasteiger partial charge in [0.1, 0.15) is 18.1 Å². The highest BCUT2D eigenvalue weighted by atomic mass is 16.5. The largest absolute Gasteiger partial charge is 0.464 e. The van der Waals surface area contributed by atoms with Gasteiger partial charge in [-0.2, -0.15) is 0 Å². The number of aryl methyl sites for hydroxylation is 1. The molecule has 0 radical (unpaired) electrons. The molecule has 2 aromatic heterocycles. The van der Waals surface area contributed by atoms with Crippen LogP contribution in [-0.4, -0.2) is 131 Å². The number of hydrazine groups is 1. The molecule has 4 aliphatic rings. The van der Waals surface area contributed by atoms with E-state index in [1.165, 1.54) is 16.0 Å². The highest BCUT2D eigenvalue weighted by molar-refractivity contribution is 5.96. The van der Waals surface area contributed by atoms with Crippen LogP contribution < -0.4 is 10.7 Å². The van der Waals surface area contributed by atoms with Crippen molar-refractivity contribution >= 4 is 40.6 Å². The molecule has 0 aliphatic carbocycles. The molecule has 4 aromatic rings. The van der Waals surface area contributed by atoms with Crippen LogP contribution in [0.1, 0.15) is 90.2 Å². The Kier molecular flexibility index (Phi) is 14.4. The number of esters is 1. The number of nitrogens with one attached hydrogen (secondary N) is 2. The Labute approximate surface area is 406 Å². The zero-order chi connectivity index (χ0) is 49.4. The maximum atomic E-state index is 14.8. The first-order chi connectivity index (χ1) is 33.0. The van der Waals surface area contributed by atoms with Crippen molar-refractivity contribution in [1.29, 1.82) is 0 Å². The number of piperidine rings is 1. The number of rotatable bonds is 9. The van der Waals surface area contributed by atoms with Gasteiger partial charge in [0.15, 0.2) is 0 Å². The van der Waals surface area contributed by atoms with Gasteiger partial charge >= 0.3 is 12.0 Å². The highest BCUT2D eigenvalue weighted by Gasteiger charge is 2.47. The Morgan fingerprint density at radius 1 is 1.01 bits per heavy atom. The predicted molar refractivity (Wildman–Crippen MR) is 265 cm³/mol. The smallest absolute Gasteiger partial charge is 0.324 e. The molecule has 2 aromatic carbocycles. The van der Waals surface area contributed by atoms with E-state index in [0.717, 1.165) is 62.9 Å². The first kappa shape index (κ1) is 49.4. The number of ether oxygens (including phenoxy) is 2. The van der Waals surface area contributed by atoms with Gasteiger partial charge in [-0.05, 0) is 104 Å². The van der Waals surface area contributed by atoms with Crippen molar-refractivity contribution in [1.82, 2.24) is 40.0 Å². The number of methoxy groups -OCH3 is 1. The summed E-state index contributed by atoms with van der Waals surface area (Å²) >= 11 is 0. The monoisotopic (exact) mass is 943 g/mol. The Bertz CT molecular complexity index is 2610. The summed E-state index contributed by atoms with van der Waals surface area (Å²) in [6, 6.07) is 15.7. The number of amides is 5. The summed E-state index contributed by atoms with van der Waals surface area (Å²) in [6.07, 6.45) is 6.20. The molecule has 8 rings (SSSR count). The summed E-state index contributed by atoms with van der Waals surface area (Å²) in [7, 11) is 3.34. The maximum absolute atomic E-state index is 14.8. The topological polar surface area (TPSA) is 159 Å². The normalized spacial score (nSPS) is 21.3. The van der Waals surface area contributed by atoms with Crippen LogP contribution in [0.4, 0.5) is 4.79 Å². The number of pyridine rings is 1. The minimum absolute atomic E-state index is 0.00773. The molecule has 1 spiro atoms. The Morgan fingerprint density at radius 2 is 1.75 bits per heavy atom. The molecule has 368 valence electrons. The molecule has 0 unspecified atom stereocenters. The van der Waals surface area contributed by atoms with Crippen molar-refractivity contribution in [2.24, 2.45) is 16.7 Å². The number of nitrogens with zero attached hydrogens (tertiary/aromatic N) is 6. The van der Waals surface area contributed by atoms with Crippen molar-refractivity contribution < 1.29 is 33.4 Å². The van der Waals surface area contributed by atoms with Crippen LogP contribution >= 0.6 is 0 Å². The zero-order valence-electron chi connectivity index (χ0n) is 41.7. The van der Waals surface area contributed by atoms with E-state index in [-0.39, 0.29) is 48.3 Å². The Balaban J connectivity index is 1.13.